The number of hydrogen-bond acceptors (Lipinski definition) is 10. The Morgan fingerprint density at radius 1 is 0.931 bits per heavy atom. The van der Waals surface area contributed by atoms with E-state index in [1.165, 1.54) is 4.68 Å². The number of piperazine rings is 1. The zero-order chi connectivity index (χ0) is 20.7. The third-order valence-corrected chi connectivity index (χ3v) is 4.44. The summed E-state index contributed by atoms with van der Waals surface area (Å²) < 4.78 is 18.0. The lowest BCUT2D eigenvalue weighted by atomic mass is 10.3. The number of rotatable bonds is 16. The van der Waals surface area contributed by atoms with Gasteiger partial charge < -0.3 is 24.8 Å². The van der Waals surface area contributed by atoms with Gasteiger partial charge in [-0.1, -0.05) is 5.21 Å². The molecule has 1 aliphatic rings. The molecule has 1 amide bonds. The molecule has 0 radical (unpaired) electrons. The maximum Gasteiger partial charge on any atom is 0.239 e. The Kier molecular flexibility index (Phi) is 11.7. The molecular weight excluding hydrogens is 382 g/mol. The number of amides is 1. The summed E-state index contributed by atoms with van der Waals surface area (Å²) in [6.45, 7) is 9.69. The van der Waals surface area contributed by atoms with Gasteiger partial charge in [-0.25, -0.2) is 10.6 Å². The molecule has 29 heavy (non-hydrogen) atoms. The lowest BCUT2D eigenvalue weighted by molar-refractivity contribution is -0.118. The van der Waals surface area contributed by atoms with Crippen molar-refractivity contribution in [2.45, 2.75) is 13.2 Å². The van der Waals surface area contributed by atoms with Crippen molar-refractivity contribution in [3.05, 3.63) is 11.9 Å². The molecule has 0 unspecified atom stereocenters. The fourth-order valence-electron chi connectivity index (χ4n) is 2.87. The Hall–Kier alpha value is -1.67. The van der Waals surface area contributed by atoms with E-state index in [-0.39, 0.29) is 6.54 Å². The first kappa shape index (κ1) is 23.6. The molecule has 12 nitrogen and oxygen atoms in total. The fourth-order valence-corrected chi connectivity index (χ4v) is 2.87. The van der Waals surface area contributed by atoms with Crippen LogP contribution >= 0.6 is 0 Å². The van der Waals surface area contributed by atoms with Crippen LogP contribution in [0.15, 0.2) is 6.20 Å². The first-order valence-electron chi connectivity index (χ1n) is 9.84. The first-order chi connectivity index (χ1) is 14.2. The largest absolute Gasteiger partial charge is 0.378 e. The van der Waals surface area contributed by atoms with E-state index >= 15 is 0 Å². The smallest absolute Gasteiger partial charge is 0.239 e. The predicted molar refractivity (Wildman–Crippen MR) is 104 cm³/mol. The molecule has 1 aromatic heterocycles. The highest BCUT2D eigenvalue weighted by Crippen LogP contribution is 2.01. The van der Waals surface area contributed by atoms with Crippen molar-refractivity contribution in [3.8, 4) is 0 Å². The molecule has 0 spiro atoms. The highest BCUT2D eigenvalue weighted by atomic mass is 16.6. The van der Waals surface area contributed by atoms with Gasteiger partial charge >= 0.3 is 0 Å². The molecule has 0 atom stereocenters. The molecule has 12 heteroatoms. The van der Waals surface area contributed by atoms with Crippen LogP contribution in [-0.2, 0) is 37.0 Å². The maximum atomic E-state index is 10.8. The third-order valence-electron chi connectivity index (χ3n) is 4.44. The Morgan fingerprint density at radius 3 is 2.10 bits per heavy atom. The highest BCUT2D eigenvalue weighted by molar-refractivity contribution is 5.73. The average molecular weight is 415 g/mol. The Labute approximate surface area is 170 Å². The summed E-state index contributed by atoms with van der Waals surface area (Å²) in [7, 11) is 0. The van der Waals surface area contributed by atoms with Gasteiger partial charge in [-0.05, 0) is 0 Å². The second-order valence-corrected chi connectivity index (χ2v) is 6.71. The number of nitrogens with two attached hydrogens (primary N) is 2. The van der Waals surface area contributed by atoms with Gasteiger partial charge in [0.25, 0.3) is 0 Å². The van der Waals surface area contributed by atoms with Crippen LogP contribution in [0.3, 0.4) is 0 Å². The van der Waals surface area contributed by atoms with E-state index in [1.807, 2.05) is 0 Å². The number of nitrogens with zero attached hydrogens (tertiary/aromatic N) is 5. The van der Waals surface area contributed by atoms with Gasteiger partial charge in [-0.15, -0.1) is 5.10 Å². The monoisotopic (exact) mass is 415 g/mol. The lowest BCUT2D eigenvalue weighted by Crippen LogP contribution is -2.48. The lowest BCUT2D eigenvalue weighted by Gasteiger charge is -2.34. The summed E-state index contributed by atoms with van der Waals surface area (Å²) in [4.78, 5) is 20.1. The summed E-state index contributed by atoms with van der Waals surface area (Å²) in [6.07, 6.45) is 1.64. The summed E-state index contributed by atoms with van der Waals surface area (Å²) in [5.41, 5.74) is 5.76. The van der Waals surface area contributed by atoms with E-state index in [0.717, 1.165) is 39.3 Å². The van der Waals surface area contributed by atoms with Gasteiger partial charge in [0, 0.05) is 39.3 Å². The van der Waals surface area contributed by atoms with Gasteiger partial charge in [0.1, 0.15) is 12.2 Å². The number of aromatic nitrogens is 3. The van der Waals surface area contributed by atoms with Gasteiger partial charge in [0.15, 0.2) is 0 Å². The normalized spacial score (nSPS) is 15.8. The molecule has 4 N–H and O–H groups in total. The molecule has 0 aromatic carbocycles. The molecule has 0 saturated carbocycles. The number of ether oxygens (including phenoxy) is 3. The molecule has 1 fully saturated rings. The van der Waals surface area contributed by atoms with Crippen LogP contribution in [0.4, 0.5) is 0 Å². The molecule has 1 aliphatic heterocycles. The third kappa shape index (κ3) is 10.6. The van der Waals surface area contributed by atoms with E-state index in [9.17, 15) is 4.79 Å². The number of hydrogen-bond donors (Lipinski definition) is 2. The molecule has 0 bridgehead atoms. The van der Waals surface area contributed by atoms with Crippen molar-refractivity contribution >= 4 is 5.91 Å². The van der Waals surface area contributed by atoms with Crippen molar-refractivity contribution in [3.63, 3.8) is 0 Å². The second-order valence-electron chi connectivity index (χ2n) is 6.71. The number of carbonyl (C=O) groups is 1. The van der Waals surface area contributed by atoms with E-state index < -0.39 is 5.91 Å². The standard InChI is InChI=1S/C17H33N7O5/c18-17(25)14-24-13-16(20-21-24)15-28-10-9-26-7-5-22-1-3-23(4-2-22)6-8-27-11-12-29-19/h13H,1-12,14-15,19H2,(H2,18,25). The van der Waals surface area contributed by atoms with Crippen molar-refractivity contribution in [2.75, 3.05) is 78.9 Å². The predicted octanol–water partition coefficient (Wildman–Crippen LogP) is -2.18. The van der Waals surface area contributed by atoms with Crippen LogP contribution in [-0.4, -0.2) is 110 Å². The van der Waals surface area contributed by atoms with Crippen LogP contribution in [0.2, 0.25) is 0 Å². The van der Waals surface area contributed by atoms with Crippen LogP contribution in [0.5, 0.6) is 0 Å². The van der Waals surface area contributed by atoms with Gasteiger partial charge in [0.05, 0.1) is 52.4 Å². The van der Waals surface area contributed by atoms with Crippen LogP contribution in [0.25, 0.3) is 0 Å². The molecule has 166 valence electrons. The maximum absolute atomic E-state index is 10.8. The molecule has 2 heterocycles. The zero-order valence-electron chi connectivity index (χ0n) is 16.9. The second kappa shape index (κ2) is 14.3. The minimum Gasteiger partial charge on any atom is -0.378 e. The van der Waals surface area contributed by atoms with Crippen molar-refractivity contribution in [1.29, 1.82) is 0 Å². The number of carbonyl (C=O) groups excluding carboxylic acids is 1. The van der Waals surface area contributed by atoms with Gasteiger partial charge in [-0.3, -0.25) is 14.6 Å². The van der Waals surface area contributed by atoms with Crippen molar-refractivity contribution < 1.29 is 23.8 Å². The van der Waals surface area contributed by atoms with E-state index in [1.54, 1.807) is 6.20 Å². The summed E-state index contributed by atoms with van der Waals surface area (Å²) >= 11 is 0. The summed E-state index contributed by atoms with van der Waals surface area (Å²) in [5, 5.41) is 7.71. The molecule has 2 rings (SSSR count). The van der Waals surface area contributed by atoms with Crippen molar-refractivity contribution in [2.24, 2.45) is 11.6 Å². The minimum absolute atomic E-state index is 0.0162. The summed E-state index contributed by atoms with van der Waals surface area (Å²) in [5.74, 6) is 4.49. The van der Waals surface area contributed by atoms with Gasteiger partial charge in [0.2, 0.25) is 5.91 Å². The quantitative estimate of drug-likeness (QED) is 0.226. The van der Waals surface area contributed by atoms with E-state index in [2.05, 4.69) is 24.9 Å². The average Bonchev–Trinajstić information content (AvgIpc) is 3.14. The van der Waals surface area contributed by atoms with E-state index in [4.69, 9.17) is 25.8 Å². The Bertz CT molecular complexity index is 566. The SMILES string of the molecule is NOCCOCCN1CCN(CCOCCOCc2cn(CC(N)=O)nn2)CC1. The van der Waals surface area contributed by atoms with Crippen LogP contribution < -0.4 is 11.6 Å². The number of primary amides is 1. The van der Waals surface area contributed by atoms with Crippen LogP contribution in [0, 0.1) is 0 Å². The summed E-state index contributed by atoms with van der Waals surface area (Å²) in [6, 6.07) is 0. The zero-order valence-corrected chi connectivity index (χ0v) is 16.9. The first-order valence-corrected chi connectivity index (χ1v) is 9.84. The fraction of sp³-hybridized carbons (Fsp3) is 0.824. The Morgan fingerprint density at radius 2 is 1.52 bits per heavy atom. The molecule has 1 saturated heterocycles. The van der Waals surface area contributed by atoms with Gasteiger partial charge in [-0.2, -0.15) is 0 Å². The highest BCUT2D eigenvalue weighted by Gasteiger charge is 2.16. The topological polar surface area (TPSA) is 143 Å². The minimum atomic E-state index is -0.458. The molecule has 1 aromatic rings. The van der Waals surface area contributed by atoms with Crippen LogP contribution in [0.1, 0.15) is 5.69 Å². The molecule has 0 aliphatic carbocycles. The Balaban J connectivity index is 1.40. The van der Waals surface area contributed by atoms with Crippen molar-refractivity contribution in [1.82, 2.24) is 24.8 Å². The molecular formula is C17H33N7O5. The van der Waals surface area contributed by atoms with E-state index in [0.29, 0.717) is 51.9 Å².